The van der Waals surface area contributed by atoms with Crippen LogP contribution < -0.4 is 5.32 Å². The van der Waals surface area contributed by atoms with Gasteiger partial charge in [0.1, 0.15) is 5.82 Å². The third-order valence-corrected chi connectivity index (χ3v) is 3.45. The summed E-state index contributed by atoms with van der Waals surface area (Å²) in [5.41, 5.74) is 0.596. The summed E-state index contributed by atoms with van der Waals surface area (Å²) in [6.45, 7) is 0.943. The molecule has 1 unspecified atom stereocenters. The van der Waals surface area contributed by atoms with Crippen LogP contribution in [0.2, 0.25) is 0 Å². The van der Waals surface area contributed by atoms with Crippen LogP contribution in [0, 0.1) is 11.6 Å². The van der Waals surface area contributed by atoms with Gasteiger partial charge in [-0.1, -0.05) is 0 Å². The highest BCUT2D eigenvalue weighted by Gasteiger charge is 2.20. The Kier molecular flexibility index (Phi) is 2.59. The molecule has 2 nitrogen and oxygen atoms in total. The largest absolute Gasteiger partial charge is 0.359 e. The van der Waals surface area contributed by atoms with Gasteiger partial charge in [0, 0.05) is 23.2 Å². The van der Waals surface area contributed by atoms with Gasteiger partial charge in [0.15, 0.2) is 5.82 Å². The van der Waals surface area contributed by atoms with Crippen molar-refractivity contribution in [3.63, 3.8) is 0 Å². The summed E-state index contributed by atoms with van der Waals surface area (Å²) in [6, 6.07) is 3.28. The summed E-state index contributed by atoms with van der Waals surface area (Å²) in [5, 5.41) is 3.84. The number of hydrogen-bond donors (Lipinski definition) is 2. The van der Waals surface area contributed by atoms with E-state index in [1.807, 2.05) is 0 Å². The van der Waals surface area contributed by atoms with Gasteiger partial charge in [-0.05, 0) is 37.9 Å². The van der Waals surface area contributed by atoms with Gasteiger partial charge in [-0.3, -0.25) is 0 Å². The maximum atomic E-state index is 14.1. The van der Waals surface area contributed by atoms with E-state index < -0.39 is 11.6 Å². The predicted molar refractivity (Wildman–Crippen MR) is 62.9 cm³/mol. The van der Waals surface area contributed by atoms with Crippen molar-refractivity contribution in [2.24, 2.45) is 0 Å². The van der Waals surface area contributed by atoms with Crippen LogP contribution in [0.4, 0.5) is 8.78 Å². The molecule has 17 heavy (non-hydrogen) atoms. The Morgan fingerprint density at radius 1 is 1.35 bits per heavy atom. The molecule has 90 valence electrons. The summed E-state index contributed by atoms with van der Waals surface area (Å²) in [4.78, 5) is 2.82. The lowest BCUT2D eigenvalue weighted by atomic mass is 10.0. The normalized spacial score (nSPS) is 20.2. The van der Waals surface area contributed by atoms with E-state index in [2.05, 4.69) is 10.3 Å². The number of aromatic amines is 1. The first-order valence-electron chi connectivity index (χ1n) is 5.93. The maximum absolute atomic E-state index is 14.1. The molecule has 2 heterocycles. The Hall–Kier alpha value is -1.42. The number of fused-ring (bicyclic) bond motifs is 1. The van der Waals surface area contributed by atoms with Gasteiger partial charge in [-0.15, -0.1) is 0 Å². The molecule has 0 bridgehead atoms. The molecule has 3 rings (SSSR count). The van der Waals surface area contributed by atoms with Crippen LogP contribution in [0.3, 0.4) is 0 Å². The number of H-pyrrole nitrogens is 1. The molecule has 0 saturated carbocycles. The molecule has 1 atom stereocenters. The Bertz CT molecular complexity index is 542. The fraction of sp³-hybridized carbons (Fsp3) is 0.385. The summed E-state index contributed by atoms with van der Waals surface area (Å²) in [5.74, 6) is -0.887. The van der Waals surface area contributed by atoms with E-state index in [9.17, 15) is 8.78 Å². The molecule has 4 heteroatoms. The molecule has 0 amide bonds. The van der Waals surface area contributed by atoms with Gasteiger partial charge >= 0.3 is 0 Å². The summed E-state index contributed by atoms with van der Waals surface area (Å²) in [7, 11) is 0. The van der Waals surface area contributed by atoms with Crippen molar-refractivity contribution < 1.29 is 8.78 Å². The van der Waals surface area contributed by atoms with Crippen LogP contribution in [-0.4, -0.2) is 17.6 Å². The average molecular weight is 236 g/mol. The Labute approximate surface area is 98.0 Å². The number of rotatable bonds is 2. The van der Waals surface area contributed by atoms with Crippen molar-refractivity contribution in [3.05, 3.63) is 35.5 Å². The third kappa shape index (κ3) is 1.82. The average Bonchev–Trinajstić information content (AvgIpc) is 2.94. The van der Waals surface area contributed by atoms with Crippen molar-refractivity contribution in [1.29, 1.82) is 0 Å². The summed E-state index contributed by atoms with van der Waals surface area (Å²) in [6.07, 6.45) is 4.12. The standard InChI is InChI=1S/C13H14F2N2/c14-11-6-8-3-5-17-13(8)12(15)10(11)7-9-2-1-4-16-9/h3,5-6,9,16-17H,1-2,4,7H2. The Balaban J connectivity index is 2.01. The predicted octanol–water partition coefficient (Wildman–Crippen LogP) is 2.74. The van der Waals surface area contributed by atoms with E-state index in [0.29, 0.717) is 17.3 Å². The highest BCUT2D eigenvalue weighted by Crippen LogP contribution is 2.25. The van der Waals surface area contributed by atoms with Gasteiger partial charge in [0.25, 0.3) is 0 Å². The van der Waals surface area contributed by atoms with Crippen LogP contribution in [-0.2, 0) is 6.42 Å². The zero-order valence-electron chi connectivity index (χ0n) is 9.39. The first-order valence-corrected chi connectivity index (χ1v) is 5.93. The van der Waals surface area contributed by atoms with Crippen LogP contribution in [0.15, 0.2) is 18.3 Å². The fourth-order valence-corrected chi connectivity index (χ4v) is 2.54. The Morgan fingerprint density at radius 3 is 3.00 bits per heavy atom. The zero-order chi connectivity index (χ0) is 11.8. The minimum Gasteiger partial charge on any atom is -0.359 e. The number of hydrogen-bond acceptors (Lipinski definition) is 1. The van der Waals surface area contributed by atoms with Crippen molar-refractivity contribution in [2.45, 2.75) is 25.3 Å². The number of benzene rings is 1. The molecule has 2 aromatic rings. The minimum atomic E-state index is -0.446. The quantitative estimate of drug-likeness (QED) is 0.824. The molecule has 0 aliphatic carbocycles. The van der Waals surface area contributed by atoms with E-state index in [1.165, 1.54) is 6.07 Å². The molecule has 1 aromatic carbocycles. The van der Waals surface area contributed by atoms with Gasteiger partial charge in [0.05, 0.1) is 5.52 Å². The minimum absolute atomic E-state index is 0.194. The van der Waals surface area contributed by atoms with Crippen molar-refractivity contribution >= 4 is 10.9 Å². The molecule has 1 fully saturated rings. The number of nitrogens with one attached hydrogen (secondary N) is 2. The summed E-state index contributed by atoms with van der Waals surface area (Å²) < 4.78 is 27.9. The molecule has 0 radical (unpaired) electrons. The number of aromatic nitrogens is 1. The smallest absolute Gasteiger partial charge is 0.153 e. The number of halogens is 2. The van der Waals surface area contributed by atoms with Crippen molar-refractivity contribution in [2.75, 3.05) is 6.54 Å². The Morgan fingerprint density at radius 2 is 2.24 bits per heavy atom. The zero-order valence-corrected chi connectivity index (χ0v) is 9.39. The molecule has 1 aromatic heterocycles. The van der Waals surface area contributed by atoms with Crippen LogP contribution in [0.1, 0.15) is 18.4 Å². The maximum Gasteiger partial charge on any atom is 0.153 e. The van der Waals surface area contributed by atoms with Gasteiger partial charge < -0.3 is 10.3 Å². The highest BCUT2D eigenvalue weighted by molar-refractivity contribution is 5.80. The lowest BCUT2D eigenvalue weighted by Gasteiger charge is -2.12. The first kappa shape index (κ1) is 10.7. The lowest BCUT2D eigenvalue weighted by molar-refractivity contribution is 0.524. The lowest BCUT2D eigenvalue weighted by Crippen LogP contribution is -2.24. The van der Waals surface area contributed by atoms with Crippen molar-refractivity contribution in [3.8, 4) is 0 Å². The second-order valence-electron chi connectivity index (χ2n) is 4.59. The van der Waals surface area contributed by atoms with E-state index in [4.69, 9.17) is 0 Å². The summed E-state index contributed by atoms with van der Waals surface area (Å²) >= 11 is 0. The monoisotopic (exact) mass is 236 g/mol. The van der Waals surface area contributed by atoms with Gasteiger partial charge in [0.2, 0.25) is 0 Å². The van der Waals surface area contributed by atoms with Crippen LogP contribution in [0.25, 0.3) is 10.9 Å². The van der Waals surface area contributed by atoms with Gasteiger partial charge in [-0.2, -0.15) is 0 Å². The van der Waals surface area contributed by atoms with E-state index in [1.54, 1.807) is 12.3 Å². The SMILES string of the molecule is Fc1cc2cc[nH]c2c(F)c1CC1CCCN1. The third-order valence-electron chi connectivity index (χ3n) is 3.45. The van der Waals surface area contributed by atoms with Crippen LogP contribution in [0.5, 0.6) is 0 Å². The molecule has 1 aliphatic rings. The molecule has 2 N–H and O–H groups in total. The first-order chi connectivity index (χ1) is 8.25. The van der Waals surface area contributed by atoms with Gasteiger partial charge in [-0.25, -0.2) is 8.78 Å². The molecule has 1 saturated heterocycles. The van der Waals surface area contributed by atoms with E-state index in [-0.39, 0.29) is 11.6 Å². The van der Waals surface area contributed by atoms with Crippen LogP contribution >= 0.6 is 0 Å². The highest BCUT2D eigenvalue weighted by atomic mass is 19.1. The molecule has 0 spiro atoms. The fourth-order valence-electron chi connectivity index (χ4n) is 2.54. The molecule has 1 aliphatic heterocycles. The molecular formula is C13H14F2N2. The second-order valence-corrected chi connectivity index (χ2v) is 4.59. The van der Waals surface area contributed by atoms with Crippen molar-refractivity contribution in [1.82, 2.24) is 10.3 Å². The molecular weight excluding hydrogens is 222 g/mol. The topological polar surface area (TPSA) is 27.8 Å². The second kappa shape index (κ2) is 4.11. The van der Waals surface area contributed by atoms with E-state index >= 15 is 0 Å². The van der Waals surface area contributed by atoms with E-state index in [0.717, 1.165) is 19.4 Å².